The van der Waals surface area contributed by atoms with Crippen LogP contribution in [0.5, 0.6) is 0 Å². The van der Waals surface area contributed by atoms with Crippen LogP contribution in [-0.4, -0.2) is 60.3 Å². The molecule has 0 unspecified atom stereocenters. The standard InChI is InChI=1S/C20H33N7/c1-3-9-27-14-8-21-18(27)15-26-12-6-17(7-13-26)20-23-22-19(24(20)2)16-25-10-4-5-11-25/h8,14,17H,3-7,9-13,15-16H2,1-2H3. The average molecular weight is 372 g/mol. The van der Waals surface area contributed by atoms with E-state index in [4.69, 9.17) is 0 Å². The minimum atomic E-state index is 0.529. The summed E-state index contributed by atoms with van der Waals surface area (Å²) >= 11 is 0. The average Bonchev–Trinajstić information content (AvgIpc) is 3.41. The molecule has 7 nitrogen and oxygen atoms in total. The highest BCUT2D eigenvalue weighted by atomic mass is 15.3. The van der Waals surface area contributed by atoms with Crippen molar-refractivity contribution in [2.24, 2.45) is 7.05 Å². The molecular formula is C20H33N7. The second kappa shape index (κ2) is 8.52. The van der Waals surface area contributed by atoms with Crippen LogP contribution in [0.4, 0.5) is 0 Å². The Bertz CT molecular complexity index is 721. The van der Waals surface area contributed by atoms with Gasteiger partial charge in [-0.05, 0) is 58.3 Å². The molecule has 2 fully saturated rings. The number of rotatable bonds is 7. The number of piperidine rings is 1. The zero-order chi connectivity index (χ0) is 18.6. The van der Waals surface area contributed by atoms with Gasteiger partial charge in [0.25, 0.3) is 0 Å². The smallest absolute Gasteiger partial charge is 0.146 e. The van der Waals surface area contributed by atoms with Crippen molar-refractivity contribution in [2.75, 3.05) is 26.2 Å². The van der Waals surface area contributed by atoms with Crippen LogP contribution < -0.4 is 0 Å². The zero-order valence-electron chi connectivity index (χ0n) is 16.8. The predicted octanol–water partition coefficient (Wildman–Crippen LogP) is 2.40. The largest absolute Gasteiger partial charge is 0.334 e. The summed E-state index contributed by atoms with van der Waals surface area (Å²) in [6, 6.07) is 0. The predicted molar refractivity (Wildman–Crippen MR) is 105 cm³/mol. The van der Waals surface area contributed by atoms with Gasteiger partial charge >= 0.3 is 0 Å². The minimum absolute atomic E-state index is 0.529. The summed E-state index contributed by atoms with van der Waals surface area (Å²) in [6.45, 7) is 9.80. The van der Waals surface area contributed by atoms with Crippen molar-refractivity contribution in [1.29, 1.82) is 0 Å². The lowest BCUT2D eigenvalue weighted by Gasteiger charge is -2.31. The maximum Gasteiger partial charge on any atom is 0.146 e. The second-order valence-electron chi connectivity index (χ2n) is 8.10. The van der Waals surface area contributed by atoms with Crippen molar-refractivity contribution >= 4 is 0 Å². The van der Waals surface area contributed by atoms with Crippen LogP contribution in [0, 0.1) is 0 Å². The topological polar surface area (TPSA) is 55.0 Å². The van der Waals surface area contributed by atoms with E-state index in [0.29, 0.717) is 5.92 Å². The molecule has 2 aromatic heterocycles. The van der Waals surface area contributed by atoms with Crippen molar-refractivity contribution in [3.05, 3.63) is 29.9 Å². The van der Waals surface area contributed by atoms with Crippen LogP contribution in [0.1, 0.15) is 62.4 Å². The fourth-order valence-corrected chi connectivity index (χ4v) is 4.49. The molecule has 2 aliphatic rings. The molecular weight excluding hydrogens is 338 g/mol. The molecule has 2 aliphatic heterocycles. The van der Waals surface area contributed by atoms with Crippen molar-refractivity contribution in [1.82, 2.24) is 34.1 Å². The maximum absolute atomic E-state index is 4.57. The Labute approximate surface area is 162 Å². The summed E-state index contributed by atoms with van der Waals surface area (Å²) in [5.41, 5.74) is 0. The lowest BCUT2D eigenvalue weighted by molar-refractivity contribution is 0.193. The molecule has 27 heavy (non-hydrogen) atoms. The van der Waals surface area contributed by atoms with Gasteiger partial charge in [0.05, 0.1) is 13.1 Å². The van der Waals surface area contributed by atoms with Gasteiger partial charge in [-0.2, -0.15) is 0 Å². The fourth-order valence-electron chi connectivity index (χ4n) is 4.49. The van der Waals surface area contributed by atoms with Gasteiger partial charge in [0.15, 0.2) is 0 Å². The second-order valence-corrected chi connectivity index (χ2v) is 8.10. The molecule has 2 aromatic rings. The number of imidazole rings is 1. The highest BCUT2D eigenvalue weighted by molar-refractivity contribution is 5.04. The molecule has 0 atom stereocenters. The van der Waals surface area contributed by atoms with Crippen LogP contribution in [-0.2, 0) is 26.7 Å². The third-order valence-electron chi connectivity index (χ3n) is 6.15. The number of aromatic nitrogens is 5. The molecule has 0 N–H and O–H groups in total. The summed E-state index contributed by atoms with van der Waals surface area (Å²) in [5.74, 6) is 4.02. The number of likely N-dealkylation sites (tertiary alicyclic amines) is 2. The SMILES string of the molecule is CCCn1ccnc1CN1CCC(c2nnc(CN3CCCC3)n2C)CC1. The van der Waals surface area contributed by atoms with E-state index in [-0.39, 0.29) is 0 Å². The van der Waals surface area contributed by atoms with Crippen LogP contribution in [0.2, 0.25) is 0 Å². The van der Waals surface area contributed by atoms with E-state index in [2.05, 4.69) is 54.3 Å². The first-order valence-corrected chi connectivity index (χ1v) is 10.6. The molecule has 2 saturated heterocycles. The summed E-state index contributed by atoms with van der Waals surface area (Å²) in [4.78, 5) is 9.59. The van der Waals surface area contributed by atoms with Gasteiger partial charge in [-0.15, -0.1) is 10.2 Å². The lowest BCUT2D eigenvalue weighted by Crippen LogP contribution is -2.34. The normalized spacial score (nSPS) is 19.9. The van der Waals surface area contributed by atoms with Gasteiger partial charge in [0.1, 0.15) is 17.5 Å². The van der Waals surface area contributed by atoms with E-state index < -0.39 is 0 Å². The fraction of sp³-hybridized carbons (Fsp3) is 0.750. The molecule has 0 aromatic carbocycles. The van der Waals surface area contributed by atoms with Crippen LogP contribution in [0.3, 0.4) is 0 Å². The van der Waals surface area contributed by atoms with Crippen molar-refractivity contribution in [2.45, 2.75) is 64.6 Å². The monoisotopic (exact) mass is 371 g/mol. The van der Waals surface area contributed by atoms with Crippen LogP contribution in [0.15, 0.2) is 12.4 Å². The molecule has 4 heterocycles. The quantitative estimate of drug-likeness (QED) is 0.748. The third kappa shape index (κ3) is 4.24. The molecule has 0 radical (unpaired) electrons. The summed E-state index contributed by atoms with van der Waals surface area (Å²) < 4.78 is 4.55. The van der Waals surface area contributed by atoms with Gasteiger partial charge < -0.3 is 9.13 Å². The Morgan fingerprint density at radius 1 is 0.963 bits per heavy atom. The van der Waals surface area contributed by atoms with Crippen molar-refractivity contribution in [3.63, 3.8) is 0 Å². The van der Waals surface area contributed by atoms with Crippen LogP contribution >= 0.6 is 0 Å². The van der Waals surface area contributed by atoms with Gasteiger partial charge in [-0.1, -0.05) is 6.92 Å². The van der Waals surface area contributed by atoms with Gasteiger partial charge in [-0.3, -0.25) is 9.80 Å². The highest BCUT2D eigenvalue weighted by Crippen LogP contribution is 2.28. The molecule has 0 bridgehead atoms. The summed E-state index contributed by atoms with van der Waals surface area (Å²) in [7, 11) is 2.15. The zero-order valence-corrected chi connectivity index (χ0v) is 16.8. The van der Waals surface area contributed by atoms with E-state index in [0.717, 1.165) is 57.8 Å². The molecule has 148 valence electrons. The highest BCUT2D eigenvalue weighted by Gasteiger charge is 2.26. The molecule has 7 heteroatoms. The lowest BCUT2D eigenvalue weighted by atomic mass is 9.96. The van der Waals surface area contributed by atoms with E-state index in [9.17, 15) is 0 Å². The summed E-state index contributed by atoms with van der Waals surface area (Å²) in [5, 5.41) is 9.08. The first-order chi connectivity index (χ1) is 13.2. The Morgan fingerprint density at radius 3 is 2.41 bits per heavy atom. The maximum atomic E-state index is 4.57. The number of hydrogen-bond acceptors (Lipinski definition) is 5. The number of aryl methyl sites for hydroxylation is 1. The summed E-state index contributed by atoms with van der Waals surface area (Å²) in [6.07, 6.45) is 10.1. The Balaban J connectivity index is 1.32. The van der Waals surface area contributed by atoms with E-state index in [1.807, 2.05) is 6.20 Å². The minimum Gasteiger partial charge on any atom is -0.334 e. The molecule has 0 spiro atoms. The van der Waals surface area contributed by atoms with Crippen molar-refractivity contribution < 1.29 is 0 Å². The Kier molecular flexibility index (Phi) is 5.88. The van der Waals surface area contributed by atoms with Gasteiger partial charge in [0.2, 0.25) is 0 Å². The van der Waals surface area contributed by atoms with E-state index >= 15 is 0 Å². The molecule has 0 saturated carbocycles. The van der Waals surface area contributed by atoms with Gasteiger partial charge in [0, 0.05) is 31.9 Å². The number of hydrogen-bond donors (Lipinski definition) is 0. The molecule has 0 aliphatic carbocycles. The van der Waals surface area contributed by atoms with Crippen LogP contribution in [0.25, 0.3) is 0 Å². The number of nitrogens with zero attached hydrogens (tertiary/aromatic N) is 7. The third-order valence-corrected chi connectivity index (χ3v) is 6.15. The van der Waals surface area contributed by atoms with E-state index in [1.54, 1.807) is 0 Å². The van der Waals surface area contributed by atoms with Gasteiger partial charge in [-0.25, -0.2) is 4.98 Å². The molecule has 4 rings (SSSR count). The molecule has 0 amide bonds. The first kappa shape index (κ1) is 18.6. The Hall–Kier alpha value is -1.73. The Morgan fingerprint density at radius 2 is 1.67 bits per heavy atom. The van der Waals surface area contributed by atoms with Crippen molar-refractivity contribution in [3.8, 4) is 0 Å². The first-order valence-electron chi connectivity index (χ1n) is 10.6. The van der Waals surface area contributed by atoms with E-state index in [1.165, 1.54) is 37.6 Å².